The number of piperidine rings is 1. The molecule has 1 aliphatic heterocycles. The molecule has 0 aromatic carbocycles. The minimum absolute atomic E-state index is 0.110. The van der Waals surface area contributed by atoms with Gasteiger partial charge in [0.15, 0.2) is 5.69 Å². The zero-order chi connectivity index (χ0) is 17.2. The van der Waals surface area contributed by atoms with Crippen molar-refractivity contribution in [1.29, 1.82) is 0 Å². The van der Waals surface area contributed by atoms with E-state index < -0.39 is 0 Å². The quantitative estimate of drug-likeness (QED) is 0.819. The molecule has 3 heterocycles. The van der Waals surface area contributed by atoms with Gasteiger partial charge in [0.25, 0.3) is 5.91 Å². The van der Waals surface area contributed by atoms with Gasteiger partial charge in [-0.25, -0.2) is 0 Å². The Morgan fingerprint density at radius 2 is 2.12 bits per heavy atom. The van der Waals surface area contributed by atoms with Gasteiger partial charge in [-0.3, -0.25) is 9.78 Å². The summed E-state index contributed by atoms with van der Waals surface area (Å²) in [5.41, 5.74) is 0.378. The third-order valence-electron chi connectivity index (χ3n) is 4.48. The highest BCUT2D eigenvalue weighted by molar-refractivity contribution is 5.92. The first-order valence-corrected chi connectivity index (χ1v) is 8.51. The lowest BCUT2D eigenvalue weighted by molar-refractivity contribution is 0.0516. The zero-order valence-corrected chi connectivity index (χ0v) is 14.1. The predicted molar refractivity (Wildman–Crippen MR) is 86.6 cm³/mol. The monoisotopic (exact) mass is 344 g/mol. The Hall–Kier alpha value is -2.64. The molecule has 1 saturated carbocycles. The largest absolute Gasteiger partial charge is 0.480 e. The molecule has 8 heteroatoms. The maximum absolute atomic E-state index is 12.7. The van der Waals surface area contributed by atoms with E-state index in [0.717, 1.165) is 31.4 Å². The fourth-order valence-corrected chi connectivity index (χ4v) is 2.99. The highest BCUT2D eigenvalue weighted by atomic mass is 16.5. The number of hydrogen-bond acceptors (Lipinski definition) is 7. The molecule has 2 aliphatic rings. The first-order valence-electron chi connectivity index (χ1n) is 8.51. The van der Waals surface area contributed by atoms with Crippen LogP contribution in [0.3, 0.4) is 0 Å². The topological polar surface area (TPSA) is 90.6 Å². The number of ether oxygens (including phenoxy) is 2. The van der Waals surface area contributed by atoms with Crippen LogP contribution in [0.25, 0.3) is 0 Å². The molecule has 0 bridgehead atoms. The summed E-state index contributed by atoms with van der Waals surface area (Å²) in [6.07, 6.45) is 6.88. The Morgan fingerprint density at radius 3 is 2.92 bits per heavy atom. The van der Waals surface area contributed by atoms with Gasteiger partial charge in [0.05, 0.1) is 26.0 Å². The maximum atomic E-state index is 12.7. The van der Waals surface area contributed by atoms with Crippen molar-refractivity contribution in [2.75, 3.05) is 20.2 Å². The number of aromatic nitrogens is 3. The predicted octanol–water partition coefficient (Wildman–Crippen LogP) is 2.03. The number of rotatable bonds is 5. The first-order chi connectivity index (χ1) is 12.2. The van der Waals surface area contributed by atoms with Crippen molar-refractivity contribution < 1.29 is 18.8 Å². The molecule has 2 aromatic heterocycles. The number of amides is 1. The van der Waals surface area contributed by atoms with Gasteiger partial charge in [0.2, 0.25) is 11.8 Å². The van der Waals surface area contributed by atoms with Gasteiger partial charge in [-0.2, -0.15) is 4.98 Å². The van der Waals surface area contributed by atoms with Gasteiger partial charge < -0.3 is 18.9 Å². The van der Waals surface area contributed by atoms with Crippen LogP contribution in [0.2, 0.25) is 0 Å². The number of hydrogen-bond donors (Lipinski definition) is 0. The molecule has 1 amide bonds. The minimum Gasteiger partial charge on any atom is -0.480 e. The Balaban J connectivity index is 1.40. The zero-order valence-electron chi connectivity index (χ0n) is 14.1. The number of methoxy groups -OCH3 is 1. The second kappa shape index (κ2) is 6.70. The highest BCUT2D eigenvalue weighted by Crippen LogP contribution is 2.40. The molecular formula is C17H20N4O4. The molecule has 132 valence electrons. The van der Waals surface area contributed by atoms with Crippen LogP contribution in [0.5, 0.6) is 11.8 Å². The molecule has 1 unspecified atom stereocenters. The van der Waals surface area contributed by atoms with Crippen molar-refractivity contribution in [3.05, 3.63) is 29.9 Å². The second-order valence-corrected chi connectivity index (χ2v) is 6.42. The van der Waals surface area contributed by atoms with Crippen molar-refractivity contribution in [3.8, 4) is 11.8 Å². The fraction of sp³-hybridized carbons (Fsp3) is 0.529. The molecule has 0 spiro atoms. The van der Waals surface area contributed by atoms with Crippen LogP contribution in [0.4, 0.5) is 0 Å². The summed E-state index contributed by atoms with van der Waals surface area (Å²) in [5, 5.41) is 3.94. The van der Waals surface area contributed by atoms with Crippen molar-refractivity contribution in [3.63, 3.8) is 0 Å². The van der Waals surface area contributed by atoms with Crippen molar-refractivity contribution in [1.82, 2.24) is 20.0 Å². The van der Waals surface area contributed by atoms with E-state index in [1.807, 2.05) is 0 Å². The Morgan fingerprint density at radius 1 is 1.28 bits per heavy atom. The standard InChI is InChI=1S/C17H20N4O4/c1-23-15-8-18-9-16(19-15)24-12-3-2-6-21(10-12)17(22)13-7-14(25-20-13)11-4-5-11/h7-9,11-12H,2-6,10H2,1H3. The Kier molecular flexibility index (Phi) is 4.25. The van der Waals surface area contributed by atoms with Crippen LogP contribution >= 0.6 is 0 Å². The molecule has 2 fully saturated rings. The summed E-state index contributed by atoms with van der Waals surface area (Å²) in [5.74, 6) is 1.95. The lowest BCUT2D eigenvalue weighted by atomic mass is 10.1. The van der Waals surface area contributed by atoms with Gasteiger partial charge in [0.1, 0.15) is 11.9 Å². The fourth-order valence-electron chi connectivity index (χ4n) is 2.99. The SMILES string of the molecule is COc1cncc(OC2CCCN(C(=O)c3cc(C4CC4)on3)C2)n1. The summed E-state index contributed by atoms with van der Waals surface area (Å²) >= 11 is 0. The minimum atomic E-state index is -0.131. The van der Waals surface area contributed by atoms with Gasteiger partial charge in [-0.05, 0) is 25.7 Å². The smallest absolute Gasteiger partial charge is 0.276 e. The normalized spacial score (nSPS) is 20.4. The molecule has 2 aromatic rings. The van der Waals surface area contributed by atoms with E-state index in [9.17, 15) is 4.79 Å². The van der Waals surface area contributed by atoms with E-state index in [4.69, 9.17) is 14.0 Å². The summed E-state index contributed by atoms with van der Waals surface area (Å²) < 4.78 is 16.2. The average molecular weight is 344 g/mol. The molecule has 8 nitrogen and oxygen atoms in total. The Labute approximate surface area is 145 Å². The van der Waals surface area contributed by atoms with Crippen molar-refractivity contribution in [2.24, 2.45) is 0 Å². The van der Waals surface area contributed by atoms with E-state index in [1.165, 1.54) is 13.3 Å². The highest BCUT2D eigenvalue weighted by Gasteiger charge is 2.31. The molecular weight excluding hydrogens is 324 g/mol. The summed E-state index contributed by atoms with van der Waals surface area (Å²) in [6, 6.07) is 1.78. The first kappa shape index (κ1) is 15.9. The lowest BCUT2D eigenvalue weighted by Crippen LogP contribution is -2.44. The molecule has 25 heavy (non-hydrogen) atoms. The average Bonchev–Trinajstić information content (AvgIpc) is 3.38. The van der Waals surface area contributed by atoms with Crippen LogP contribution < -0.4 is 9.47 Å². The summed E-state index contributed by atoms with van der Waals surface area (Å²) in [4.78, 5) is 22.7. The molecule has 4 rings (SSSR count). The number of nitrogens with zero attached hydrogens (tertiary/aromatic N) is 4. The van der Waals surface area contributed by atoms with Gasteiger partial charge in [0, 0.05) is 18.5 Å². The molecule has 0 N–H and O–H groups in total. The van der Waals surface area contributed by atoms with Crippen LogP contribution in [0, 0.1) is 0 Å². The van der Waals surface area contributed by atoms with Crippen LogP contribution in [0.1, 0.15) is 47.8 Å². The van der Waals surface area contributed by atoms with Gasteiger partial charge in [-0.15, -0.1) is 0 Å². The van der Waals surface area contributed by atoms with Crippen LogP contribution in [0.15, 0.2) is 23.0 Å². The second-order valence-electron chi connectivity index (χ2n) is 6.42. The van der Waals surface area contributed by atoms with E-state index in [0.29, 0.717) is 36.5 Å². The molecule has 1 saturated heterocycles. The van der Waals surface area contributed by atoms with Crippen molar-refractivity contribution >= 4 is 5.91 Å². The van der Waals surface area contributed by atoms with E-state index in [2.05, 4.69) is 15.1 Å². The van der Waals surface area contributed by atoms with E-state index >= 15 is 0 Å². The molecule has 1 atom stereocenters. The van der Waals surface area contributed by atoms with E-state index in [-0.39, 0.29) is 12.0 Å². The van der Waals surface area contributed by atoms with Crippen molar-refractivity contribution in [2.45, 2.75) is 37.7 Å². The van der Waals surface area contributed by atoms with E-state index in [1.54, 1.807) is 17.2 Å². The van der Waals surface area contributed by atoms with Crippen LogP contribution in [-0.4, -0.2) is 52.2 Å². The Bertz CT molecular complexity index is 759. The van der Waals surface area contributed by atoms with Gasteiger partial charge in [-0.1, -0.05) is 5.16 Å². The van der Waals surface area contributed by atoms with Gasteiger partial charge >= 0.3 is 0 Å². The molecule has 0 radical (unpaired) electrons. The number of carbonyl (C=O) groups is 1. The maximum Gasteiger partial charge on any atom is 0.276 e. The van der Waals surface area contributed by atoms with Crippen LogP contribution in [-0.2, 0) is 0 Å². The third kappa shape index (κ3) is 3.57. The molecule has 1 aliphatic carbocycles. The third-order valence-corrected chi connectivity index (χ3v) is 4.48. The summed E-state index contributed by atoms with van der Waals surface area (Å²) in [7, 11) is 1.53. The number of carbonyl (C=O) groups excluding carboxylic acids is 1. The number of likely N-dealkylation sites (tertiary alicyclic amines) is 1. The lowest BCUT2D eigenvalue weighted by Gasteiger charge is -2.32. The summed E-state index contributed by atoms with van der Waals surface area (Å²) in [6.45, 7) is 1.18.